The lowest BCUT2D eigenvalue weighted by Crippen LogP contribution is -2.48. The predicted molar refractivity (Wildman–Crippen MR) is 130 cm³/mol. The molecule has 4 aliphatic carbocycles. The molecule has 0 heterocycles. The van der Waals surface area contributed by atoms with Crippen LogP contribution in [0.1, 0.15) is 54.4 Å². The standard InChI is InChI=1S/C28H27BrO3/c1-32-26-23(28-13-16-8-17(14-28)10-18(9-16)15-28)11-20(12-24(26)29)25-21-5-3-2-4-19(21)6-7-22(25)27(30)31/h2-7,11-12,16-18H,8-10,13-15H2,1H3,(H,30,31). The molecule has 0 radical (unpaired) electrons. The molecule has 0 atom stereocenters. The molecular weight excluding hydrogens is 464 g/mol. The van der Waals surface area contributed by atoms with Crippen LogP contribution in [-0.4, -0.2) is 18.2 Å². The Kier molecular flexibility index (Phi) is 4.66. The molecule has 4 saturated carbocycles. The summed E-state index contributed by atoms with van der Waals surface area (Å²) in [4.78, 5) is 12.2. The average Bonchev–Trinajstić information content (AvgIpc) is 2.76. The number of ether oxygens (including phenoxy) is 1. The maximum atomic E-state index is 12.2. The molecule has 0 unspecified atom stereocenters. The van der Waals surface area contributed by atoms with Crippen LogP contribution in [0.15, 0.2) is 53.0 Å². The third kappa shape index (κ3) is 3.02. The minimum atomic E-state index is -0.894. The first-order valence-corrected chi connectivity index (χ1v) is 12.4. The number of fused-ring (bicyclic) bond motifs is 1. The maximum absolute atomic E-state index is 12.2. The van der Waals surface area contributed by atoms with Crippen LogP contribution >= 0.6 is 15.9 Å². The molecule has 7 rings (SSSR count). The lowest BCUT2D eigenvalue weighted by atomic mass is 9.48. The van der Waals surface area contributed by atoms with E-state index >= 15 is 0 Å². The summed E-state index contributed by atoms with van der Waals surface area (Å²) in [6.45, 7) is 0. The molecule has 4 heteroatoms. The number of methoxy groups -OCH3 is 1. The summed E-state index contributed by atoms with van der Waals surface area (Å²) < 4.78 is 6.87. The Morgan fingerprint density at radius 3 is 2.28 bits per heavy atom. The van der Waals surface area contributed by atoms with Gasteiger partial charge in [-0.2, -0.15) is 0 Å². The van der Waals surface area contributed by atoms with Crippen molar-refractivity contribution in [2.75, 3.05) is 7.11 Å². The van der Waals surface area contributed by atoms with Crippen LogP contribution in [0.4, 0.5) is 0 Å². The highest BCUT2D eigenvalue weighted by atomic mass is 79.9. The summed E-state index contributed by atoms with van der Waals surface area (Å²) in [6.07, 6.45) is 7.84. The van der Waals surface area contributed by atoms with Gasteiger partial charge in [-0.15, -0.1) is 0 Å². The van der Waals surface area contributed by atoms with E-state index in [0.29, 0.717) is 5.56 Å². The zero-order valence-electron chi connectivity index (χ0n) is 18.2. The van der Waals surface area contributed by atoms with Gasteiger partial charge in [0.15, 0.2) is 0 Å². The average molecular weight is 491 g/mol. The van der Waals surface area contributed by atoms with Crippen LogP contribution in [0, 0.1) is 17.8 Å². The molecule has 0 saturated heterocycles. The van der Waals surface area contributed by atoms with E-state index in [2.05, 4.69) is 22.0 Å². The molecule has 4 bridgehead atoms. The van der Waals surface area contributed by atoms with Gasteiger partial charge in [0.2, 0.25) is 0 Å². The number of aromatic carboxylic acids is 1. The topological polar surface area (TPSA) is 46.5 Å². The maximum Gasteiger partial charge on any atom is 0.336 e. The first kappa shape index (κ1) is 20.3. The number of halogens is 1. The molecule has 0 spiro atoms. The van der Waals surface area contributed by atoms with Crippen LogP contribution in [0.25, 0.3) is 21.9 Å². The monoisotopic (exact) mass is 490 g/mol. The Labute approximate surface area is 196 Å². The Bertz CT molecular complexity index is 1210. The zero-order chi connectivity index (χ0) is 22.0. The number of hydrogen-bond acceptors (Lipinski definition) is 2. The quantitative estimate of drug-likeness (QED) is 0.413. The van der Waals surface area contributed by atoms with Gasteiger partial charge >= 0.3 is 5.97 Å². The second-order valence-electron chi connectivity index (χ2n) is 10.3. The third-order valence-corrected chi connectivity index (χ3v) is 8.89. The Morgan fingerprint density at radius 2 is 1.66 bits per heavy atom. The van der Waals surface area contributed by atoms with Gasteiger partial charge in [0.25, 0.3) is 0 Å². The number of carboxylic acids is 1. The molecule has 4 fully saturated rings. The van der Waals surface area contributed by atoms with Crippen LogP contribution in [-0.2, 0) is 5.41 Å². The van der Waals surface area contributed by atoms with Crippen molar-refractivity contribution in [2.45, 2.75) is 43.9 Å². The minimum absolute atomic E-state index is 0.145. The van der Waals surface area contributed by atoms with Gasteiger partial charge < -0.3 is 9.84 Å². The lowest BCUT2D eigenvalue weighted by Gasteiger charge is -2.57. The van der Waals surface area contributed by atoms with Crippen molar-refractivity contribution in [3.63, 3.8) is 0 Å². The van der Waals surface area contributed by atoms with E-state index in [4.69, 9.17) is 4.74 Å². The second kappa shape index (κ2) is 7.34. The number of benzene rings is 3. The van der Waals surface area contributed by atoms with E-state index in [1.807, 2.05) is 36.4 Å². The van der Waals surface area contributed by atoms with Gasteiger partial charge in [-0.25, -0.2) is 4.79 Å². The highest BCUT2D eigenvalue weighted by Crippen LogP contribution is 2.62. The second-order valence-corrected chi connectivity index (χ2v) is 11.1. The minimum Gasteiger partial charge on any atom is -0.495 e. The van der Waals surface area contributed by atoms with Gasteiger partial charge in [0.1, 0.15) is 5.75 Å². The van der Waals surface area contributed by atoms with E-state index < -0.39 is 5.97 Å². The van der Waals surface area contributed by atoms with Crippen molar-refractivity contribution in [1.82, 2.24) is 0 Å². The number of rotatable bonds is 4. The van der Waals surface area contributed by atoms with Crippen LogP contribution < -0.4 is 4.74 Å². The third-order valence-electron chi connectivity index (χ3n) is 8.31. The van der Waals surface area contributed by atoms with E-state index in [-0.39, 0.29) is 5.41 Å². The number of hydrogen-bond donors (Lipinski definition) is 1. The van der Waals surface area contributed by atoms with E-state index in [1.165, 1.54) is 44.1 Å². The van der Waals surface area contributed by atoms with Crippen molar-refractivity contribution >= 4 is 32.7 Å². The summed E-state index contributed by atoms with van der Waals surface area (Å²) in [6, 6.07) is 16.0. The van der Waals surface area contributed by atoms with E-state index in [9.17, 15) is 9.90 Å². The molecule has 0 aromatic heterocycles. The van der Waals surface area contributed by atoms with Crippen LogP contribution in [0.5, 0.6) is 5.75 Å². The van der Waals surface area contributed by atoms with Gasteiger partial charge in [0.05, 0.1) is 17.1 Å². The summed E-state index contributed by atoms with van der Waals surface area (Å²) in [7, 11) is 1.75. The molecule has 0 aliphatic heterocycles. The molecule has 4 aliphatic rings. The summed E-state index contributed by atoms with van der Waals surface area (Å²) in [5, 5.41) is 12.0. The summed E-state index contributed by atoms with van der Waals surface area (Å²) >= 11 is 3.79. The first-order chi connectivity index (χ1) is 15.5. The van der Waals surface area contributed by atoms with Crippen molar-refractivity contribution < 1.29 is 14.6 Å². The molecular formula is C28H27BrO3. The van der Waals surface area contributed by atoms with Gasteiger partial charge in [-0.1, -0.05) is 30.3 Å². The lowest BCUT2D eigenvalue weighted by molar-refractivity contribution is -0.00617. The molecule has 32 heavy (non-hydrogen) atoms. The highest BCUT2D eigenvalue weighted by molar-refractivity contribution is 9.10. The van der Waals surface area contributed by atoms with E-state index in [0.717, 1.165) is 49.9 Å². The van der Waals surface area contributed by atoms with Crippen molar-refractivity contribution in [3.8, 4) is 16.9 Å². The molecule has 0 amide bonds. The van der Waals surface area contributed by atoms with Crippen molar-refractivity contribution in [3.05, 3.63) is 64.1 Å². The SMILES string of the molecule is COc1c(Br)cc(-c2c(C(=O)O)ccc3ccccc23)cc1C12CC3CC(CC(C3)C1)C2. The van der Waals surface area contributed by atoms with Crippen LogP contribution in [0.3, 0.4) is 0 Å². The molecule has 3 aromatic carbocycles. The number of carboxylic acid groups (broad SMARTS) is 1. The summed E-state index contributed by atoms with van der Waals surface area (Å²) in [5.74, 6) is 2.49. The molecule has 164 valence electrons. The predicted octanol–water partition coefficient (Wildman–Crippen LogP) is 7.44. The zero-order valence-corrected chi connectivity index (χ0v) is 19.8. The smallest absolute Gasteiger partial charge is 0.336 e. The number of carbonyl (C=O) groups is 1. The fraction of sp³-hybridized carbons (Fsp3) is 0.393. The van der Waals surface area contributed by atoms with Crippen molar-refractivity contribution in [1.29, 1.82) is 0 Å². The van der Waals surface area contributed by atoms with Crippen molar-refractivity contribution in [2.24, 2.45) is 17.8 Å². The molecule has 1 N–H and O–H groups in total. The van der Waals surface area contributed by atoms with Gasteiger partial charge in [0, 0.05) is 11.1 Å². The van der Waals surface area contributed by atoms with E-state index in [1.54, 1.807) is 13.2 Å². The van der Waals surface area contributed by atoms with Crippen LogP contribution in [0.2, 0.25) is 0 Å². The largest absolute Gasteiger partial charge is 0.495 e. The fourth-order valence-electron chi connectivity index (χ4n) is 7.54. The Hall–Kier alpha value is -2.33. The Morgan fingerprint density at radius 1 is 1.00 bits per heavy atom. The summed E-state index contributed by atoms with van der Waals surface area (Å²) in [5.41, 5.74) is 3.51. The van der Waals surface area contributed by atoms with Gasteiger partial charge in [-0.05, 0) is 112 Å². The fourth-order valence-corrected chi connectivity index (χ4v) is 8.16. The van der Waals surface area contributed by atoms with Gasteiger partial charge in [-0.3, -0.25) is 0 Å². The highest BCUT2D eigenvalue weighted by Gasteiger charge is 2.52. The Balaban J connectivity index is 1.60. The molecule has 3 nitrogen and oxygen atoms in total. The first-order valence-electron chi connectivity index (χ1n) is 11.6. The normalized spacial score (nSPS) is 28.2. The molecule has 3 aromatic rings.